The van der Waals surface area contributed by atoms with Crippen molar-refractivity contribution in [1.82, 2.24) is 15.2 Å². The average Bonchev–Trinajstić information content (AvgIpc) is 3.27. The quantitative estimate of drug-likeness (QED) is 0.387. The van der Waals surface area contributed by atoms with Crippen LogP contribution in [0.15, 0.2) is 36.5 Å². The molecule has 5 rings (SSSR count). The number of aromatic nitrogens is 1. The number of carboxylic acid groups (broad SMARTS) is 1. The van der Waals surface area contributed by atoms with E-state index in [1.165, 1.54) is 24.8 Å². The second-order valence-electron chi connectivity index (χ2n) is 13.5. The van der Waals surface area contributed by atoms with Crippen molar-refractivity contribution in [1.29, 1.82) is 0 Å². The minimum absolute atomic E-state index is 0.00451. The molecule has 222 valence electrons. The molecule has 2 heterocycles. The normalized spacial score (nSPS) is 25.6. The van der Waals surface area contributed by atoms with E-state index in [0.29, 0.717) is 18.3 Å². The maximum absolute atomic E-state index is 14.4. The lowest BCUT2D eigenvalue weighted by molar-refractivity contribution is -0.154. The van der Waals surface area contributed by atoms with Gasteiger partial charge in [-0.05, 0) is 66.7 Å². The Balaban J connectivity index is 1.58. The van der Waals surface area contributed by atoms with Crippen LogP contribution < -0.4 is 10.1 Å². The molecule has 0 bridgehead atoms. The number of hydrogen-bond donors (Lipinski definition) is 2. The number of carboxylic acids is 1. The number of hydrogen-bond acceptors (Lipinski definition) is 5. The molecule has 0 spiro atoms. The van der Waals surface area contributed by atoms with Gasteiger partial charge >= 0.3 is 5.97 Å². The highest BCUT2D eigenvalue weighted by molar-refractivity contribution is 5.87. The lowest BCUT2D eigenvalue weighted by atomic mass is 9.72. The minimum atomic E-state index is -0.928. The van der Waals surface area contributed by atoms with Crippen LogP contribution in [0.2, 0.25) is 0 Å². The van der Waals surface area contributed by atoms with E-state index in [0.717, 1.165) is 48.8 Å². The Kier molecular flexibility index (Phi) is 8.74. The van der Waals surface area contributed by atoms with E-state index in [2.05, 4.69) is 56.2 Å². The van der Waals surface area contributed by atoms with E-state index in [9.17, 15) is 14.7 Å². The van der Waals surface area contributed by atoms with E-state index in [1.54, 1.807) is 12.0 Å². The Bertz CT molecular complexity index is 1240. The molecule has 1 amide bonds. The number of methoxy groups -OCH3 is 1. The van der Waals surface area contributed by atoms with Crippen LogP contribution in [0.5, 0.6) is 5.88 Å². The number of ether oxygens (including phenoxy) is 1. The third-order valence-electron chi connectivity index (χ3n) is 9.88. The smallest absolute Gasteiger partial charge is 0.326 e. The Hall–Kier alpha value is -2.93. The molecule has 2 aliphatic carbocycles. The largest absolute Gasteiger partial charge is 0.481 e. The molecule has 1 saturated heterocycles. The van der Waals surface area contributed by atoms with Gasteiger partial charge in [-0.15, -0.1) is 0 Å². The summed E-state index contributed by atoms with van der Waals surface area (Å²) >= 11 is 0. The molecular weight excluding hydrogens is 514 g/mol. The number of aryl methyl sites for hydroxylation is 1. The Labute approximate surface area is 245 Å². The molecule has 1 aromatic carbocycles. The van der Waals surface area contributed by atoms with Gasteiger partial charge in [0.2, 0.25) is 11.8 Å². The van der Waals surface area contributed by atoms with Gasteiger partial charge in [0.05, 0.1) is 13.2 Å². The molecule has 4 atom stereocenters. The number of benzene rings is 1. The Morgan fingerprint density at radius 1 is 1.07 bits per heavy atom. The highest BCUT2D eigenvalue weighted by Gasteiger charge is 2.58. The van der Waals surface area contributed by atoms with Gasteiger partial charge < -0.3 is 20.1 Å². The topological polar surface area (TPSA) is 91.8 Å². The lowest BCUT2D eigenvalue weighted by Crippen LogP contribution is -2.49. The average molecular weight is 562 g/mol. The van der Waals surface area contributed by atoms with Crippen LogP contribution in [0.4, 0.5) is 0 Å². The van der Waals surface area contributed by atoms with Crippen molar-refractivity contribution < 1.29 is 19.4 Å². The summed E-state index contributed by atoms with van der Waals surface area (Å²) in [5, 5.41) is 14.6. The van der Waals surface area contributed by atoms with Gasteiger partial charge in [-0.2, -0.15) is 0 Å². The molecule has 2 N–H and O–H groups in total. The molecule has 2 aromatic rings. The number of nitrogens with one attached hydrogen (secondary N) is 1. The zero-order valence-electron chi connectivity index (χ0n) is 25.4. The summed E-state index contributed by atoms with van der Waals surface area (Å²) in [4.78, 5) is 33.9. The van der Waals surface area contributed by atoms with Crippen molar-refractivity contribution in [3.8, 4) is 5.88 Å². The van der Waals surface area contributed by atoms with Crippen molar-refractivity contribution in [3.05, 3.63) is 58.8 Å². The number of nitrogens with zero attached hydrogens (tertiary/aromatic N) is 2. The summed E-state index contributed by atoms with van der Waals surface area (Å²) < 4.78 is 5.66. The van der Waals surface area contributed by atoms with E-state index in [-0.39, 0.29) is 29.2 Å². The van der Waals surface area contributed by atoms with E-state index in [4.69, 9.17) is 4.74 Å². The molecule has 3 fully saturated rings. The zero-order valence-corrected chi connectivity index (χ0v) is 25.4. The SMILES string of the molecule is COc1ncc(C2CCC2)cc1CN[C@H]1[C@H](C(C)(C)C)[C@@H](C(=O)O)N(C(=O)C2CCCCC2)[C@H]1c1ccccc1C. The molecule has 1 aromatic heterocycles. The predicted molar refractivity (Wildman–Crippen MR) is 160 cm³/mol. The number of carbonyl (C=O) groups is 2. The van der Waals surface area contributed by atoms with Crippen molar-refractivity contribution >= 4 is 11.9 Å². The summed E-state index contributed by atoms with van der Waals surface area (Å²) in [6.07, 6.45) is 10.4. The van der Waals surface area contributed by atoms with Crippen LogP contribution in [-0.4, -0.2) is 46.1 Å². The third-order valence-corrected chi connectivity index (χ3v) is 9.88. The van der Waals surface area contributed by atoms with Crippen LogP contribution in [0, 0.1) is 24.2 Å². The standard InChI is InChI=1S/C34H47N3O4/c1-21-12-9-10-17-26(21)29-28(35-20-25-18-24(22-15-11-16-22)19-36-31(25)41-5)27(34(2,3)4)30(33(39)40)37(29)32(38)23-13-7-6-8-14-23/h9-10,12,17-19,22-23,27-30,35H,6-8,11,13-16,20H2,1-5H3,(H,39,40)/t27-,28-,29-,30-/m0/s1. The van der Waals surface area contributed by atoms with Crippen LogP contribution in [0.1, 0.15) is 106 Å². The number of likely N-dealkylation sites (tertiary alicyclic amines) is 1. The van der Waals surface area contributed by atoms with Crippen molar-refractivity contribution in [2.24, 2.45) is 17.3 Å². The summed E-state index contributed by atoms with van der Waals surface area (Å²) in [7, 11) is 1.64. The van der Waals surface area contributed by atoms with Gasteiger partial charge in [0.25, 0.3) is 0 Å². The first-order valence-electron chi connectivity index (χ1n) is 15.5. The molecular formula is C34H47N3O4. The van der Waals surface area contributed by atoms with Crippen molar-refractivity contribution in [3.63, 3.8) is 0 Å². The van der Waals surface area contributed by atoms with E-state index < -0.39 is 18.1 Å². The first-order chi connectivity index (χ1) is 19.6. The molecule has 2 saturated carbocycles. The lowest BCUT2D eigenvalue weighted by Gasteiger charge is -2.36. The first kappa shape index (κ1) is 29.6. The fourth-order valence-corrected chi connectivity index (χ4v) is 7.55. The van der Waals surface area contributed by atoms with E-state index >= 15 is 0 Å². The summed E-state index contributed by atoms with van der Waals surface area (Å²) in [6.45, 7) is 8.85. The number of carbonyl (C=O) groups excluding carboxylic acids is 1. The van der Waals surface area contributed by atoms with Gasteiger partial charge in [0.15, 0.2) is 0 Å². The zero-order chi connectivity index (χ0) is 29.3. The molecule has 41 heavy (non-hydrogen) atoms. The van der Waals surface area contributed by atoms with Crippen LogP contribution in [0.25, 0.3) is 0 Å². The second kappa shape index (κ2) is 12.1. The van der Waals surface area contributed by atoms with Crippen LogP contribution >= 0.6 is 0 Å². The highest BCUT2D eigenvalue weighted by Crippen LogP contribution is 2.50. The molecule has 3 aliphatic rings. The Morgan fingerprint density at radius 3 is 2.37 bits per heavy atom. The number of pyridine rings is 1. The van der Waals surface area contributed by atoms with Gasteiger partial charge in [0, 0.05) is 36.2 Å². The number of rotatable bonds is 8. The summed E-state index contributed by atoms with van der Waals surface area (Å²) in [6, 6.07) is 8.73. The van der Waals surface area contributed by atoms with Gasteiger partial charge in [-0.1, -0.05) is 70.7 Å². The monoisotopic (exact) mass is 561 g/mol. The van der Waals surface area contributed by atoms with E-state index in [1.807, 2.05) is 18.3 Å². The van der Waals surface area contributed by atoms with Gasteiger partial charge in [-0.25, -0.2) is 9.78 Å². The second-order valence-corrected chi connectivity index (χ2v) is 13.5. The first-order valence-corrected chi connectivity index (χ1v) is 15.5. The predicted octanol–water partition coefficient (Wildman–Crippen LogP) is 6.40. The third kappa shape index (κ3) is 5.88. The molecule has 7 heteroatoms. The molecule has 7 nitrogen and oxygen atoms in total. The highest BCUT2D eigenvalue weighted by atomic mass is 16.5. The van der Waals surface area contributed by atoms with Crippen LogP contribution in [0.3, 0.4) is 0 Å². The number of amides is 1. The van der Waals surface area contributed by atoms with Gasteiger partial charge in [-0.3, -0.25) is 4.79 Å². The van der Waals surface area contributed by atoms with Crippen molar-refractivity contribution in [2.45, 2.75) is 110 Å². The van der Waals surface area contributed by atoms with Gasteiger partial charge in [0.1, 0.15) is 6.04 Å². The Morgan fingerprint density at radius 2 is 1.78 bits per heavy atom. The van der Waals surface area contributed by atoms with Crippen molar-refractivity contribution in [2.75, 3.05) is 7.11 Å². The summed E-state index contributed by atoms with van der Waals surface area (Å²) in [5.74, 6) is -0.243. The summed E-state index contributed by atoms with van der Waals surface area (Å²) in [5.41, 5.74) is 3.91. The maximum atomic E-state index is 14.4. The molecule has 0 radical (unpaired) electrons. The van der Waals surface area contributed by atoms with Crippen LogP contribution in [-0.2, 0) is 16.1 Å². The number of aliphatic carboxylic acids is 1. The fraction of sp³-hybridized carbons (Fsp3) is 0.618. The molecule has 0 unspecified atom stereocenters. The molecule has 1 aliphatic heterocycles. The fourth-order valence-electron chi connectivity index (χ4n) is 7.55. The minimum Gasteiger partial charge on any atom is -0.481 e. The maximum Gasteiger partial charge on any atom is 0.326 e.